The monoisotopic (exact) mass is 280 g/mol. The van der Waals surface area contributed by atoms with Crippen molar-refractivity contribution >= 4 is 11.3 Å². The Hall–Kier alpha value is -0.380. The van der Waals surface area contributed by atoms with E-state index in [-0.39, 0.29) is 0 Å². The molecule has 1 fully saturated rings. The lowest BCUT2D eigenvalue weighted by molar-refractivity contribution is 0.125. The predicted molar refractivity (Wildman–Crippen MR) is 84.6 cm³/mol. The van der Waals surface area contributed by atoms with E-state index in [1.165, 1.54) is 30.6 Å². The van der Waals surface area contributed by atoms with Crippen molar-refractivity contribution in [3.05, 3.63) is 22.4 Å². The summed E-state index contributed by atoms with van der Waals surface area (Å²) in [6.07, 6.45) is 4.91. The molecule has 2 rings (SSSR count). The topological polar surface area (TPSA) is 29.3 Å². The van der Waals surface area contributed by atoms with Gasteiger partial charge in [0.05, 0.1) is 0 Å². The molecule has 2 atom stereocenters. The van der Waals surface area contributed by atoms with Crippen LogP contribution in [0.25, 0.3) is 0 Å². The standard InChI is InChI=1S/C16H28N2S/c1-16(2)8-6-15(17)13(11-16)12-18(3)9-7-14-5-4-10-19-14/h4-5,10,13,15H,6-9,11-12,17H2,1-3H3. The lowest BCUT2D eigenvalue weighted by Crippen LogP contribution is -2.44. The summed E-state index contributed by atoms with van der Waals surface area (Å²) < 4.78 is 0. The van der Waals surface area contributed by atoms with Crippen molar-refractivity contribution in [3.63, 3.8) is 0 Å². The van der Waals surface area contributed by atoms with Gasteiger partial charge in [-0.05, 0) is 55.5 Å². The van der Waals surface area contributed by atoms with Gasteiger partial charge in [0.1, 0.15) is 0 Å². The lowest BCUT2D eigenvalue weighted by atomic mass is 9.70. The minimum absolute atomic E-state index is 0.400. The molecule has 0 saturated heterocycles. The van der Waals surface area contributed by atoms with Gasteiger partial charge in [0, 0.05) is 24.0 Å². The van der Waals surface area contributed by atoms with Crippen LogP contribution >= 0.6 is 11.3 Å². The van der Waals surface area contributed by atoms with E-state index in [1.807, 2.05) is 11.3 Å². The minimum atomic E-state index is 0.400. The highest BCUT2D eigenvalue weighted by Crippen LogP contribution is 2.38. The van der Waals surface area contributed by atoms with Crippen LogP contribution in [0.2, 0.25) is 0 Å². The second-order valence-electron chi connectivity index (χ2n) is 6.92. The summed E-state index contributed by atoms with van der Waals surface area (Å²) in [7, 11) is 2.24. The Morgan fingerprint density at radius 1 is 1.47 bits per heavy atom. The van der Waals surface area contributed by atoms with E-state index in [9.17, 15) is 0 Å². The first-order valence-electron chi connectivity index (χ1n) is 7.43. The summed E-state index contributed by atoms with van der Waals surface area (Å²) in [4.78, 5) is 3.95. The predicted octanol–water partition coefficient (Wildman–Crippen LogP) is 3.38. The third kappa shape index (κ3) is 4.59. The average molecular weight is 280 g/mol. The minimum Gasteiger partial charge on any atom is -0.327 e. The fourth-order valence-corrected chi connectivity index (χ4v) is 3.90. The average Bonchev–Trinajstić information content (AvgIpc) is 2.84. The van der Waals surface area contributed by atoms with E-state index in [2.05, 4.69) is 43.3 Å². The molecule has 2 nitrogen and oxygen atoms in total. The van der Waals surface area contributed by atoms with Gasteiger partial charge in [-0.2, -0.15) is 0 Å². The molecule has 2 N–H and O–H groups in total. The van der Waals surface area contributed by atoms with Crippen molar-refractivity contribution < 1.29 is 0 Å². The van der Waals surface area contributed by atoms with Gasteiger partial charge in [0.15, 0.2) is 0 Å². The van der Waals surface area contributed by atoms with E-state index in [4.69, 9.17) is 5.73 Å². The van der Waals surface area contributed by atoms with Crippen molar-refractivity contribution in [1.29, 1.82) is 0 Å². The molecule has 0 bridgehead atoms. The largest absolute Gasteiger partial charge is 0.327 e. The summed E-state index contributed by atoms with van der Waals surface area (Å²) in [6.45, 7) is 7.06. The van der Waals surface area contributed by atoms with Crippen molar-refractivity contribution in [2.24, 2.45) is 17.1 Å². The maximum atomic E-state index is 6.31. The molecule has 0 aromatic carbocycles. The molecule has 108 valence electrons. The molecule has 1 aliphatic carbocycles. The zero-order chi connectivity index (χ0) is 13.9. The zero-order valence-corrected chi connectivity index (χ0v) is 13.4. The van der Waals surface area contributed by atoms with Gasteiger partial charge in [-0.15, -0.1) is 11.3 Å². The molecule has 1 aromatic heterocycles. The van der Waals surface area contributed by atoms with Gasteiger partial charge in [0.25, 0.3) is 0 Å². The molecule has 2 unspecified atom stereocenters. The highest BCUT2D eigenvalue weighted by atomic mass is 32.1. The Morgan fingerprint density at radius 3 is 2.95 bits per heavy atom. The van der Waals surface area contributed by atoms with Crippen molar-refractivity contribution in [3.8, 4) is 0 Å². The number of nitrogens with zero attached hydrogens (tertiary/aromatic N) is 1. The third-order valence-electron chi connectivity index (χ3n) is 4.44. The van der Waals surface area contributed by atoms with Crippen molar-refractivity contribution in [1.82, 2.24) is 4.90 Å². The fraction of sp³-hybridized carbons (Fsp3) is 0.750. The smallest absolute Gasteiger partial charge is 0.00797 e. The van der Waals surface area contributed by atoms with Crippen molar-refractivity contribution in [2.75, 3.05) is 20.1 Å². The number of likely N-dealkylation sites (N-methyl/N-ethyl adjacent to an activating group) is 1. The Morgan fingerprint density at radius 2 is 2.26 bits per heavy atom. The van der Waals surface area contributed by atoms with Gasteiger partial charge in [-0.25, -0.2) is 0 Å². The van der Waals surface area contributed by atoms with E-state index in [1.54, 1.807) is 0 Å². The quantitative estimate of drug-likeness (QED) is 0.896. The van der Waals surface area contributed by atoms with E-state index < -0.39 is 0 Å². The number of hydrogen-bond acceptors (Lipinski definition) is 3. The molecule has 0 aliphatic heterocycles. The molecule has 3 heteroatoms. The molecular weight excluding hydrogens is 252 g/mol. The Bertz CT molecular complexity index is 372. The Labute approximate surface area is 122 Å². The SMILES string of the molecule is CN(CCc1cccs1)CC1CC(C)(C)CCC1N. The summed E-state index contributed by atoms with van der Waals surface area (Å²) >= 11 is 1.86. The van der Waals surface area contributed by atoms with Crippen LogP contribution in [0.5, 0.6) is 0 Å². The number of hydrogen-bond donors (Lipinski definition) is 1. The molecule has 1 heterocycles. The van der Waals surface area contributed by atoms with Crippen LogP contribution in [-0.2, 0) is 6.42 Å². The molecule has 0 amide bonds. The molecule has 1 saturated carbocycles. The molecule has 0 spiro atoms. The third-order valence-corrected chi connectivity index (χ3v) is 5.38. The maximum absolute atomic E-state index is 6.31. The zero-order valence-electron chi connectivity index (χ0n) is 12.6. The lowest BCUT2D eigenvalue weighted by Gasteiger charge is -2.40. The van der Waals surface area contributed by atoms with Crippen LogP contribution < -0.4 is 5.73 Å². The maximum Gasteiger partial charge on any atom is 0.00797 e. The van der Waals surface area contributed by atoms with Gasteiger partial charge in [-0.1, -0.05) is 19.9 Å². The van der Waals surface area contributed by atoms with E-state index >= 15 is 0 Å². The molecule has 1 aromatic rings. The van der Waals surface area contributed by atoms with Crippen LogP contribution in [-0.4, -0.2) is 31.1 Å². The first-order valence-corrected chi connectivity index (χ1v) is 8.31. The first-order chi connectivity index (χ1) is 8.96. The van der Waals surface area contributed by atoms with Crippen LogP contribution in [0.3, 0.4) is 0 Å². The molecule has 1 aliphatic rings. The highest BCUT2D eigenvalue weighted by Gasteiger charge is 2.33. The van der Waals surface area contributed by atoms with Crippen molar-refractivity contribution in [2.45, 2.75) is 45.6 Å². The molecular formula is C16H28N2S. The van der Waals surface area contributed by atoms with Gasteiger partial charge in [0.2, 0.25) is 0 Å². The second-order valence-corrected chi connectivity index (χ2v) is 7.95. The number of thiophene rings is 1. The van der Waals surface area contributed by atoms with Gasteiger partial charge >= 0.3 is 0 Å². The number of rotatable bonds is 5. The summed E-state index contributed by atoms with van der Waals surface area (Å²) in [5.41, 5.74) is 6.80. The Balaban J connectivity index is 1.78. The number of nitrogens with two attached hydrogens (primary N) is 1. The van der Waals surface area contributed by atoms with E-state index in [0.717, 1.165) is 13.1 Å². The molecule has 19 heavy (non-hydrogen) atoms. The summed E-state index contributed by atoms with van der Waals surface area (Å²) in [5.74, 6) is 0.664. The summed E-state index contributed by atoms with van der Waals surface area (Å²) in [6, 6.07) is 4.77. The van der Waals surface area contributed by atoms with Gasteiger partial charge in [-0.3, -0.25) is 0 Å². The summed E-state index contributed by atoms with van der Waals surface area (Å²) in [5, 5.41) is 2.16. The van der Waals surface area contributed by atoms with Crippen LogP contribution in [0.4, 0.5) is 0 Å². The van der Waals surface area contributed by atoms with Crippen LogP contribution in [0.15, 0.2) is 17.5 Å². The Kier molecular flexibility index (Phi) is 5.04. The highest BCUT2D eigenvalue weighted by molar-refractivity contribution is 7.09. The normalized spacial score (nSPS) is 26.8. The first kappa shape index (κ1) is 15.0. The van der Waals surface area contributed by atoms with Crippen LogP contribution in [0.1, 0.15) is 38.0 Å². The molecule has 0 radical (unpaired) electrons. The fourth-order valence-electron chi connectivity index (χ4n) is 3.20. The second kappa shape index (κ2) is 6.38. The van der Waals surface area contributed by atoms with E-state index in [0.29, 0.717) is 17.4 Å². The van der Waals surface area contributed by atoms with Crippen LogP contribution in [0, 0.1) is 11.3 Å². The van der Waals surface area contributed by atoms with Gasteiger partial charge < -0.3 is 10.6 Å².